The molecule has 0 fully saturated rings. The van der Waals surface area contributed by atoms with Crippen molar-refractivity contribution in [2.45, 2.75) is 20.0 Å². The molecule has 5 heteroatoms. The highest BCUT2D eigenvalue weighted by atomic mass is 32.1. The van der Waals surface area contributed by atoms with Crippen molar-refractivity contribution in [2.75, 3.05) is 7.05 Å². The summed E-state index contributed by atoms with van der Waals surface area (Å²) in [7, 11) is 1.51. The second-order valence-electron chi connectivity index (χ2n) is 4.69. The first-order valence-electron chi connectivity index (χ1n) is 6.60. The molecule has 4 nitrogen and oxygen atoms in total. The molecule has 1 aromatic heterocycles. The van der Waals surface area contributed by atoms with Crippen molar-refractivity contribution in [3.05, 3.63) is 46.2 Å². The van der Waals surface area contributed by atoms with Crippen LogP contribution in [0.25, 0.3) is 11.1 Å². The Kier molecular flexibility index (Phi) is 4.75. The Hall–Kier alpha value is -2.14. The van der Waals surface area contributed by atoms with Gasteiger partial charge in [-0.05, 0) is 30.9 Å². The average molecular weight is 303 g/mol. The van der Waals surface area contributed by atoms with Crippen molar-refractivity contribution in [2.24, 2.45) is 0 Å². The van der Waals surface area contributed by atoms with Crippen LogP contribution in [-0.2, 0) is 9.53 Å². The van der Waals surface area contributed by atoms with Crippen molar-refractivity contribution in [3.8, 4) is 11.1 Å². The van der Waals surface area contributed by atoms with E-state index in [1.165, 1.54) is 18.4 Å². The normalized spacial score (nSPS) is 11.8. The van der Waals surface area contributed by atoms with Gasteiger partial charge < -0.3 is 10.1 Å². The summed E-state index contributed by atoms with van der Waals surface area (Å²) in [5.41, 5.74) is 2.95. The van der Waals surface area contributed by atoms with Gasteiger partial charge in [0.25, 0.3) is 5.91 Å². The maximum atomic E-state index is 12.2. The zero-order valence-electron chi connectivity index (χ0n) is 12.2. The van der Waals surface area contributed by atoms with E-state index in [0.29, 0.717) is 4.88 Å². The number of ether oxygens (including phenoxy) is 1. The Bertz CT molecular complexity index is 646. The third kappa shape index (κ3) is 3.49. The quantitative estimate of drug-likeness (QED) is 0.883. The van der Waals surface area contributed by atoms with E-state index in [0.717, 1.165) is 16.7 Å². The Morgan fingerprint density at radius 1 is 1.19 bits per heavy atom. The summed E-state index contributed by atoms with van der Waals surface area (Å²) in [5.74, 6) is -0.798. The molecule has 110 valence electrons. The van der Waals surface area contributed by atoms with Crippen LogP contribution < -0.4 is 5.32 Å². The van der Waals surface area contributed by atoms with E-state index in [2.05, 4.69) is 5.32 Å². The highest BCUT2D eigenvalue weighted by Gasteiger charge is 2.21. The van der Waals surface area contributed by atoms with Gasteiger partial charge in [-0.25, -0.2) is 4.79 Å². The van der Waals surface area contributed by atoms with E-state index in [1.807, 2.05) is 42.6 Å². The summed E-state index contributed by atoms with van der Waals surface area (Å²) in [6.45, 7) is 3.56. The molecule has 1 heterocycles. The number of thiophene rings is 1. The maximum Gasteiger partial charge on any atom is 0.349 e. The van der Waals surface area contributed by atoms with Gasteiger partial charge in [-0.1, -0.05) is 29.8 Å². The van der Waals surface area contributed by atoms with Crippen molar-refractivity contribution >= 4 is 23.2 Å². The molecule has 1 amide bonds. The van der Waals surface area contributed by atoms with E-state index >= 15 is 0 Å². The lowest BCUT2D eigenvalue weighted by Gasteiger charge is -2.11. The van der Waals surface area contributed by atoms with E-state index in [4.69, 9.17) is 4.74 Å². The number of benzene rings is 1. The van der Waals surface area contributed by atoms with Crippen LogP contribution in [0.15, 0.2) is 35.7 Å². The molecule has 1 aromatic carbocycles. The molecule has 0 spiro atoms. The first-order valence-corrected chi connectivity index (χ1v) is 7.48. The number of amides is 1. The number of esters is 1. The molecular formula is C16H17NO3S. The molecule has 0 aliphatic heterocycles. The molecule has 0 saturated heterocycles. The second kappa shape index (κ2) is 6.54. The number of rotatable bonds is 4. The Balaban J connectivity index is 2.22. The molecule has 1 N–H and O–H groups in total. The Morgan fingerprint density at radius 2 is 1.86 bits per heavy atom. The number of carbonyl (C=O) groups is 2. The summed E-state index contributed by atoms with van der Waals surface area (Å²) in [5, 5.41) is 4.30. The van der Waals surface area contributed by atoms with Crippen LogP contribution in [0.5, 0.6) is 0 Å². The summed E-state index contributed by atoms with van der Waals surface area (Å²) in [6.07, 6.45) is -0.810. The van der Waals surface area contributed by atoms with Crippen molar-refractivity contribution in [1.29, 1.82) is 0 Å². The molecule has 0 bridgehead atoms. The Morgan fingerprint density at radius 3 is 2.48 bits per heavy atom. The summed E-state index contributed by atoms with van der Waals surface area (Å²) in [6, 6.07) is 9.81. The van der Waals surface area contributed by atoms with Gasteiger partial charge in [0.2, 0.25) is 0 Å². The molecule has 2 rings (SSSR count). The fraction of sp³-hybridized carbons (Fsp3) is 0.250. The average Bonchev–Trinajstić information content (AvgIpc) is 2.96. The molecule has 0 unspecified atom stereocenters. The minimum absolute atomic E-state index is 0.322. The van der Waals surface area contributed by atoms with Gasteiger partial charge >= 0.3 is 5.97 Å². The van der Waals surface area contributed by atoms with Gasteiger partial charge in [-0.15, -0.1) is 11.3 Å². The standard InChI is InChI=1S/C16H17NO3S/c1-10-4-6-12(7-5-10)13-8-9-21-14(13)16(19)20-11(2)15(18)17-3/h4-9,11H,1-3H3,(H,17,18)/t11-/m0/s1. The summed E-state index contributed by atoms with van der Waals surface area (Å²) < 4.78 is 5.19. The predicted molar refractivity (Wildman–Crippen MR) is 83.4 cm³/mol. The second-order valence-corrected chi connectivity index (χ2v) is 5.61. The Labute approximate surface area is 127 Å². The lowest BCUT2D eigenvalue weighted by Crippen LogP contribution is -2.33. The largest absolute Gasteiger partial charge is 0.448 e. The number of hydrogen-bond acceptors (Lipinski definition) is 4. The van der Waals surface area contributed by atoms with Crippen LogP contribution in [0.3, 0.4) is 0 Å². The molecule has 2 aromatic rings. The van der Waals surface area contributed by atoms with Crippen molar-refractivity contribution in [3.63, 3.8) is 0 Å². The van der Waals surface area contributed by atoms with Gasteiger partial charge in [0.15, 0.2) is 6.10 Å². The fourth-order valence-electron chi connectivity index (χ4n) is 1.90. The molecule has 1 atom stereocenters. The van der Waals surface area contributed by atoms with Gasteiger partial charge in [0.1, 0.15) is 4.88 Å². The molecule has 0 saturated carbocycles. The van der Waals surface area contributed by atoms with Gasteiger partial charge in [0, 0.05) is 12.6 Å². The molecule has 0 aliphatic carbocycles. The highest BCUT2D eigenvalue weighted by Crippen LogP contribution is 2.29. The third-order valence-electron chi connectivity index (χ3n) is 3.11. The SMILES string of the molecule is CNC(=O)[C@H](C)OC(=O)c1sccc1-c1ccc(C)cc1. The lowest BCUT2D eigenvalue weighted by molar-refractivity contribution is -0.128. The van der Waals surface area contributed by atoms with E-state index < -0.39 is 12.1 Å². The zero-order chi connectivity index (χ0) is 15.4. The first kappa shape index (κ1) is 15.3. The van der Waals surface area contributed by atoms with Gasteiger partial charge in [-0.3, -0.25) is 4.79 Å². The monoisotopic (exact) mass is 303 g/mol. The number of nitrogens with one attached hydrogen (secondary N) is 1. The minimum atomic E-state index is -0.810. The minimum Gasteiger partial charge on any atom is -0.448 e. The molecular weight excluding hydrogens is 286 g/mol. The van der Waals surface area contributed by atoms with Crippen LogP contribution in [-0.4, -0.2) is 25.0 Å². The smallest absolute Gasteiger partial charge is 0.349 e. The van der Waals surface area contributed by atoms with E-state index in [1.54, 1.807) is 6.92 Å². The molecule has 0 aliphatic rings. The van der Waals surface area contributed by atoms with Crippen molar-refractivity contribution < 1.29 is 14.3 Å². The topological polar surface area (TPSA) is 55.4 Å². The predicted octanol–water partition coefficient (Wildman–Crippen LogP) is 3.01. The first-order chi connectivity index (χ1) is 10.0. The fourth-order valence-corrected chi connectivity index (χ4v) is 2.70. The lowest BCUT2D eigenvalue weighted by atomic mass is 10.1. The summed E-state index contributed by atoms with van der Waals surface area (Å²) >= 11 is 1.31. The van der Waals surface area contributed by atoms with Crippen LogP contribution in [0.4, 0.5) is 0 Å². The van der Waals surface area contributed by atoms with Crippen molar-refractivity contribution in [1.82, 2.24) is 5.32 Å². The zero-order valence-corrected chi connectivity index (χ0v) is 13.0. The number of carbonyl (C=O) groups excluding carboxylic acids is 2. The van der Waals surface area contributed by atoms with Gasteiger partial charge in [-0.2, -0.15) is 0 Å². The number of hydrogen-bond donors (Lipinski definition) is 1. The van der Waals surface area contributed by atoms with E-state index in [9.17, 15) is 9.59 Å². The van der Waals surface area contributed by atoms with Gasteiger partial charge in [0.05, 0.1) is 0 Å². The highest BCUT2D eigenvalue weighted by molar-refractivity contribution is 7.12. The number of likely N-dealkylation sites (N-methyl/N-ethyl adjacent to an activating group) is 1. The molecule has 0 radical (unpaired) electrons. The number of aryl methyl sites for hydroxylation is 1. The third-order valence-corrected chi connectivity index (χ3v) is 4.01. The maximum absolute atomic E-state index is 12.2. The molecule has 21 heavy (non-hydrogen) atoms. The van der Waals surface area contributed by atoms with Crippen LogP contribution in [0, 0.1) is 6.92 Å². The van der Waals surface area contributed by atoms with E-state index in [-0.39, 0.29) is 5.91 Å². The van der Waals surface area contributed by atoms with Crippen LogP contribution in [0.2, 0.25) is 0 Å². The van der Waals surface area contributed by atoms with Crippen LogP contribution in [0.1, 0.15) is 22.2 Å². The summed E-state index contributed by atoms with van der Waals surface area (Å²) in [4.78, 5) is 24.1. The van der Waals surface area contributed by atoms with Crippen LogP contribution >= 0.6 is 11.3 Å².